The number of rotatable bonds is 4. The van der Waals surface area contributed by atoms with E-state index in [0.29, 0.717) is 30.0 Å². The Morgan fingerprint density at radius 1 is 1.53 bits per heavy atom. The van der Waals surface area contributed by atoms with Crippen molar-refractivity contribution in [3.8, 4) is 0 Å². The highest BCUT2D eigenvalue weighted by Crippen LogP contribution is 2.23. The molecule has 1 aromatic carbocycles. The van der Waals surface area contributed by atoms with Crippen LogP contribution in [0.15, 0.2) is 18.2 Å². The van der Waals surface area contributed by atoms with Gasteiger partial charge in [0, 0.05) is 13.1 Å². The molecule has 82 valence electrons. The number of carbonyl (C=O) groups excluding carboxylic acids is 1. The van der Waals surface area contributed by atoms with Crippen molar-refractivity contribution >= 4 is 17.3 Å². The lowest BCUT2D eigenvalue weighted by Gasteiger charge is -2.12. The second-order valence-corrected chi connectivity index (χ2v) is 2.98. The van der Waals surface area contributed by atoms with Gasteiger partial charge in [0.2, 0.25) is 0 Å². The smallest absolute Gasteiger partial charge is 0.340 e. The van der Waals surface area contributed by atoms with Crippen molar-refractivity contribution in [1.29, 1.82) is 0 Å². The largest absolute Gasteiger partial charge is 0.465 e. The number of nitrogens with two attached hydrogens (primary N) is 2. The molecule has 1 rings (SSSR count). The van der Waals surface area contributed by atoms with Crippen molar-refractivity contribution in [1.82, 2.24) is 0 Å². The van der Waals surface area contributed by atoms with Gasteiger partial charge >= 0.3 is 5.97 Å². The van der Waals surface area contributed by atoms with E-state index in [4.69, 9.17) is 11.5 Å². The van der Waals surface area contributed by atoms with Gasteiger partial charge in [-0.1, -0.05) is 6.07 Å². The molecule has 5 heteroatoms. The van der Waals surface area contributed by atoms with Crippen molar-refractivity contribution in [2.75, 3.05) is 31.2 Å². The molecule has 0 saturated carbocycles. The molecule has 0 aromatic heterocycles. The Kier molecular flexibility index (Phi) is 3.93. The number of nitrogens with one attached hydrogen (secondary N) is 1. The molecular formula is C10H15N3O2. The molecule has 0 unspecified atom stereocenters. The number of para-hydroxylation sites is 1. The summed E-state index contributed by atoms with van der Waals surface area (Å²) in [5.41, 5.74) is 12.6. The van der Waals surface area contributed by atoms with Gasteiger partial charge in [-0.05, 0) is 12.1 Å². The zero-order valence-electron chi connectivity index (χ0n) is 8.62. The topological polar surface area (TPSA) is 90.4 Å². The molecule has 0 bridgehead atoms. The Balaban J connectivity index is 3.03. The number of anilines is 2. The van der Waals surface area contributed by atoms with E-state index in [1.165, 1.54) is 7.11 Å². The van der Waals surface area contributed by atoms with Crippen molar-refractivity contribution in [3.63, 3.8) is 0 Å². The van der Waals surface area contributed by atoms with Crippen molar-refractivity contribution in [3.05, 3.63) is 23.8 Å². The van der Waals surface area contributed by atoms with Crippen LogP contribution < -0.4 is 16.8 Å². The molecular weight excluding hydrogens is 194 g/mol. The van der Waals surface area contributed by atoms with Crippen molar-refractivity contribution < 1.29 is 9.53 Å². The highest BCUT2D eigenvalue weighted by molar-refractivity contribution is 5.98. The minimum Gasteiger partial charge on any atom is -0.465 e. The van der Waals surface area contributed by atoms with Crippen LogP contribution in [0.3, 0.4) is 0 Å². The molecule has 0 spiro atoms. The van der Waals surface area contributed by atoms with Crippen LogP contribution in [0.2, 0.25) is 0 Å². The first kappa shape index (κ1) is 11.3. The summed E-state index contributed by atoms with van der Waals surface area (Å²) < 4.78 is 4.65. The average Bonchev–Trinajstić information content (AvgIpc) is 2.26. The van der Waals surface area contributed by atoms with Gasteiger partial charge in [-0.25, -0.2) is 4.79 Å². The van der Waals surface area contributed by atoms with E-state index < -0.39 is 5.97 Å². The fourth-order valence-corrected chi connectivity index (χ4v) is 1.24. The van der Waals surface area contributed by atoms with Crippen LogP contribution in [0.5, 0.6) is 0 Å². The molecule has 1 aromatic rings. The molecule has 0 heterocycles. The van der Waals surface area contributed by atoms with Crippen LogP contribution in [0.4, 0.5) is 11.4 Å². The maximum atomic E-state index is 11.4. The van der Waals surface area contributed by atoms with Crippen LogP contribution >= 0.6 is 0 Å². The SMILES string of the molecule is COC(=O)c1cccc(N)c1NCCN. The molecule has 0 fully saturated rings. The van der Waals surface area contributed by atoms with Gasteiger partial charge in [-0.3, -0.25) is 0 Å². The van der Waals surface area contributed by atoms with Gasteiger partial charge in [0.15, 0.2) is 0 Å². The van der Waals surface area contributed by atoms with E-state index in [9.17, 15) is 4.79 Å². The minimum absolute atomic E-state index is 0.415. The number of hydrogen-bond acceptors (Lipinski definition) is 5. The molecule has 0 saturated heterocycles. The Labute approximate surface area is 88.4 Å². The normalized spacial score (nSPS) is 9.73. The lowest BCUT2D eigenvalue weighted by Crippen LogP contribution is -2.16. The van der Waals surface area contributed by atoms with E-state index in [2.05, 4.69) is 10.1 Å². The minimum atomic E-state index is -0.415. The quantitative estimate of drug-likeness (QED) is 0.494. The van der Waals surface area contributed by atoms with Gasteiger partial charge in [0.25, 0.3) is 0 Å². The second kappa shape index (κ2) is 5.21. The highest BCUT2D eigenvalue weighted by Gasteiger charge is 2.13. The summed E-state index contributed by atoms with van der Waals surface area (Å²) in [5.74, 6) is -0.415. The summed E-state index contributed by atoms with van der Waals surface area (Å²) in [7, 11) is 1.33. The summed E-state index contributed by atoms with van der Waals surface area (Å²) in [6.45, 7) is 1.02. The molecule has 0 atom stereocenters. The molecule has 0 aliphatic rings. The standard InChI is InChI=1S/C10H15N3O2/c1-15-10(14)7-3-2-4-8(12)9(7)13-6-5-11/h2-4,13H,5-6,11-12H2,1H3. The second-order valence-electron chi connectivity index (χ2n) is 2.98. The first-order valence-electron chi connectivity index (χ1n) is 4.61. The number of methoxy groups -OCH3 is 1. The fourth-order valence-electron chi connectivity index (χ4n) is 1.24. The molecule has 5 nitrogen and oxygen atoms in total. The van der Waals surface area contributed by atoms with Crippen LogP contribution in [-0.2, 0) is 4.74 Å². The Morgan fingerprint density at radius 2 is 2.27 bits per heavy atom. The lowest BCUT2D eigenvalue weighted by molar-refractivity contribution is 0.0602. The van der Waals surface area contributed by atoms with Crippen LogP contribution in [0.1, 0.15) is 10.4 Å². The zero-order chi connectivity index (χ0) is 11.3. The fraction of sp³-hybridized carbons (Fsp3) is 0.300. The van der Waals surface area contributed by atoms with E-state index in [0.717, 1.165) is 0 Å². The highest BCUT2D eigenvalue weighted by atomic mass is 16.5. The summed E-state index contributed by atoms with van der Waals surface area (Å²) in [5, 5.41) is 3.00. The van der Waals surface area contributed by atoms with Crippen LogP contribution in [0.25, 0.3) is 0 Å². The van der Waals surface area contributed by atoms with E-state index in [1.54, 1.807) is 18.2 Å². The molecule has 5 N–H and O–H groups in total. The number of esters is 1. The van der Waals surface area contributed by atoms with E-state index in [-0.39, 0.29) is 0 Å². The maximum absolute atomic E-state index is 11.4. The third kappa shape index (κ3) is 2.60. The average molecular weight is 209 g/mol. The first-order valence-corrected chi connectivity index (χ1v) is 4.61. The predicted octanol–water partition coefficient (Wildman–Crippen LogP) is 0.426. The van der Waals surface area contributed by atoms with Gasteiger partial charge in [-0.2, -0.15) is 0 Å². The molecule has 0 aliphatic carbocycles. The zero-order valence-corrected chi connectivity index (χ0v) is 8.62. The summed E-state index contributed by atoms with van der Waals surface area (Å²) >= 11 is 0. The van der Waals surface area contributed by atoms with Gasteiger partial charge < -0.3 is 21.5 Å². The van der Waals surface area contributed by atoms with Gasteiger partial charge in [0.05, 0.1) is 24.0 Å². The van der Waals surface area contributed by atoms with Crippen LogP contribution in [0, 0.1) is 0 Å². The molecule has 0 radical (unpaired) electrons. The number of ether oxygens (including phenoxy) is 1. The van der Waals surface area contributed by atoms with Crippen molar-refractivity contribution in [2.24, 2.45) is 5.73 Å². The van der Waals surface area contributed by atoms with Crippen LogP contribution in [-0.4, -0.2) is 26.2 Å². The molecule has 0 amide bonds. The third-order valence-corrected chi connectivity index (χ3v) is 1.95. The third-order valence-electron chi connectivity index (χ3n) is 1.95. The summed E-state index contributed by atoms with van der Waals surface area (Å²) in [6, 6.07) is 5.07. The molecule has 0 aliphatic heterocycles. The Morgan fingerprint density at radius 3 is 2.87 bits per heavy atom. The number of nitrogen functional groups attached to an aromatic ring is 1. The van der Waals surface area contributed by atoms with Gasteiger partial charge in [-0.15, -0.1) is 0 Å². The van der Waals surface area contributed by atoms with Gasteiger partial charge in [0.1, 0.15) is 0 Å². The molecule has 15 heavy (non-hydrogen) atoms. The predicted molar refractivity (Wildman–Crippen MR) is 59.7 cm³/mol. The monoisotopic (exact) mass is 209 g/mol. The Hall–Kier alpha value is -1.75. The first-order chi connectivity index (χ1) is 7.20. The maximum Gasteiger partial charge on any atom is 0.340 e. The number of hydrogen-bond donors (Lipinski definition) is 3. The number of carbonyl (C=O) groups is 1. The summed E-state index contributed by atoms with van der Waals surface area (Å²) in [4.78, 5) is 11.4. The Bertz CT molecular complexity index is 353. The summed E-state index contributed by atoms with van der Waals surface area (Å²) in [6.07, 6.45) is 0. The lowest BCUT2D eigenvalue weighted by atomic mass is 10.1. The van der Waals surface area contributed by atoms with E-state index in [1.807, 2.05) is 0 Å². The number of benzene rings is 1. The van der Waals surface area contributed by atoms with E-state index >= 15 is 0 Å². The van der Waals surface area contributed by atoms with Crippen molar-refractivity contribution in [2.45, 2.75) is 0 Å².